The molecule has 0 saturated heterocycles. The summed E-state index contributed by atoms with van der Waals surface area (Å²) >= 11 is 3.39. The Labute approximate surface area is 206 Å². The van der Waals surface area contributed by atoms with Gasteiger partial charge in [-0.05, 0) is 28.8 Å². The Kier molecular flexibility index (Phi) is 9.22. The van der Waals surface area contributed by atoms with E-state index in [4.69, 9.17) is 10.5 Å². The van der Waals surface area contributed by atoms with Gasteiger partial charge in [-0.3, -0.25) is 9.59 Å². The molecule has 176 valence electrons. The average Bonchev–Trinajstić information content (AvgIpc) is 2.83. The van der Waals surface area contributed by atoms with Crippen LogP contribution >= 0.6 is 15.9 Å². The van der Waals surface area contributed by atoms with E-state index in [1.807, 2.05) is 84.9 Å². The number of ether oxygens (including phenoxy) is 1. The maximum absolute atomic E-state index is 13.1. The Morgan fingerprint density at radius 3 is 1.97 bits per heavy atom. The van der Waals surface area contributed by atoms with Crippen molar-refractivity contribution in [3.8, 4) is 0 Å². The number of amides is 3. The number of hydrogen-bond donors (Lipinski definition) is 3. The van der Waals surface area contributed by atoms with Crippen molar-refractivity contribution in [3.63, 3.8) is 0 Å². The van der Waals surface area contributed by atoms with Gasteiger partial charge in [0.2, 0.25) is 11.8 Å². The van der Waals surface area contributed by atoms with E-state index < -0.39 is 30.0 Å². The number of halogens is 1. The van der Waals surface area contributed by atoms with E-state index in [1.54, 1.807) is 0 Å². The molecule has 3 rings (SSSR count). The minimum atomic E-state index is -0.963. The van der Waals surface area contributed by atoms with Crippen LogP contribution in [0.25, 0.3) is 0 Å². The molecule has 3 amide bonds. The minimum Gasteiger partial charge on any atom is -0.445 e. The fourth-order valence-corrected chi connectivity index (χ4v) is 3.81. The molecule has 3 aromatic rings. The number of primary amides is 1. The lowest BCUT2D eigenvalue weighted by Gasteiger charge is -2.22. The number of alkyl carbamates (subject to hydrolysis) is 1. The maximum atomic E-state index is 13.1. The maximum Gasteiger partial charge on any atom is 0.408 e. The molecule has 0 aliphatic carbocycles. The highest BCUT2D eigenvalue weighted by atomic mass is 79.9. The predicted octanol–water partition coefficient (Wildman–Crippen LogP) is 3.50. The third-order valence-corrected chi connectivity index (χ3v) is 5.59. The second kappa shape index (κ2) is 12.6. The molecule has 7 nitrogen and oxygen atoms in total. The largest absolute Gasteiger partial charge is 0.445 e. The molecule has 34 heavy (non-hydrogen) atoms. The number of rotatable bonds is 10. The zero-order valence-electron chi connectivity index (χ0n) is 18.4. The van der Waals surface area contributed by atoms with E-state index in [0.717, 1.165) is 21.2 Å². The fourth-order valence-electron chi connectivity index (χ4n) is 3.36. The van der Waals surface area contributed by atoms with Gasteiger partial charge < -0.3 is 21.1 Å². The highest BCUT2D eigenvalue weighted by Crippen LogP contribution is 2.13. The molecule has 0 saturated carbocycles. The van der Waals surface area contributed by atoms with Crippen LogP contribution < -0.4 is 16.4 Å². The Balaban J connectivity index is 1.69. The molecule has 0 unspecified atom stereocenters. The van der Waals surface area contributed by atoms with Crippen molar-refractivity contribution in [2.45, 2.75) is 31.5 Å². The van der Waals surface area contributed by atoms with Gasteiger partial charge in [0.1, 0.15) is 18.7 Å². The summed E-state index contributed by atoms with van der Waals surface area (Å²) < 4.78 is 6.13. The third-order valence-electron chi connectivity index (χ3n) is 5.09. The molecule has 0 aliphatic rings. The summed E-state index contributed by atoms with van der Waals surface area (Å²) in [6, 6.07) is 24.0. The molecular formula is C26H26BrN3O4. The summed E-state index contributed by atoms with van der Waals surface area (Å²) in [6.07, 6.45) is -0.297. The highest BCUT2D eigenvalue weighted by Gasteiger charge is 2.26. The van der Waals surface area contributed by atoms with Crippen molar-refractivity contribution < 1.29 is 19.1 Å². The molecule has 0 aliphatic heterocycles. The summed E-state index contributed by atoms with van der Waals surface area (Å²) in [5.74, 6) is -1.20. The van der Waals surface area contributed by atoms with Gasteiger partial charge in [0.15, 0.2) is 0 Å². The first-order valence-electron chi connectivity index (χ1n) is 10.8. The minimum absolute atomic E-state index is 0.0686. The normalized spacial score (nSPS) is 12.3. The molecule has 0 heterocycles. The molecule has 4 N–H and O–H groups in total. The number of benzene rings is 3. The predicted molar refractivity (Wildman–Crippen MR) is 133 cm³/mol. The molecule has 0 aromatic heterocycles. The number of nitrogens with two attached hydrogens (primary N) is 1. The van der Waals surface area contributed by atoms with Gasteiger partial charge in [-0.2, -0.15) is 0 Å². The summed E-state index contributed by atoms with van der Waals surface area (Å²) in [6.45, 7) is 0.0686. The van der Waals surface area contributed by atoms with Crippen LogP contribution in [0.1, 0.15) is 16.7 Å². The molecule has 2 atom stereocenters. The van der Waals surface area contributed by atoms with Gasteiger partial charge in [-0.15, -0.1) is 0 Å². The van der Waals surface area contributed by atoms with Crippen LogP contribution in [0.4, 0.5) is 4.79 Å². The smallest absolute Gasteiger partial charge is 0.408 e. The van der Waals surface area contributed by atoms with Crippen LogP contribution in [-0.4, -0.2) is 30.0 Å². The molecule has 0 fully saturated rings. The van der Waals surface area contributed by atoms with Crippen molar-refractivity contribution in [3.05, 3.63) is 106 Å². The summed E-state index contributed by atoms with van der Waals surface area (Å²) in [5, 5.41) is 5.30. The van der Waals surface area contributed by atoms with Crippen LogP contribution in [0, 0.1) is 0 Å². The topological polar surface area (TPSA) is 111 Å². The quantitative estimate of drug-likeness (QED) is 0.377. The van der Waals surface area contributed by atoms with Gasteiger partial charge in [0.25, 0.3) is 0 Å². The lowest BCUT2D eigenvalue weighted by Crippen LogP contribution is -2.54. The average molecular weight is 524 g/mol. The SMILES string of the molecule is NC(=O)[C@H](Cc1cccc(Br)c1)NC(=O)[C@@H](Cc1ccccc1)NC(=O)OCc1ccccc1. The van der Waals surface area contributed by atoms with E-state index in [1.165, 1.54) is 0 Å². The number of carbonyl (C=O) groups is 3. The van der Waals surface area contributed by atoms with Crippen LogP contribution in [0.5, 0.6) is 0 Å². The summed E-state index contributed by atoms with van der Waals surface area (Å²) in [7, 11) is 0. The van der Waals surface area contributed by atoms with Gasteiger partial charge in [0.05, 0.1) is 0 Å². The van der Waals surface area contributed by atoms with Crippen LogP contribution in [-0.2, 0) is 33.8 Å². The standard InChI is InChI=1S/C26H26BrN3O4/c27-21-13-7-12-20(14-21)16-22(24(28)31)29-25(32)23(15-18-8-3-1-4-9-18)30-26(33)34-17-19-10-5-2-6-11-19/h1-14,22-23H,15-17H2,(H2,28,31)(H,29,32)(H,30,33)/t22-,23+/m0/s1. The second-order valence-corrected chi connectivity index (χ2v) is 8.66. The Hall–Kier alpha value is -3.65. The Bertz CT molecular complexity index is 1110. The first-order valence-corrected chi connectivity index (χ1v) is 11.6. The molecule has 0 bridgehead atoms. The molecule has 0 radical (unpaired) electrons. The fraction of sp³-hybridized carbons (Fsp3) is 0.192. The molecular weight excluding hydrogens is 498 g/mol. The number of carbonyl (C=O) groups excluding carboxylic acids is 3. The molecule has 8 heteroatoms. The zero-order chi connectivity index (χ0) is 24.3. The third kappa shape index (κ3) is 8.04. The second-order valence-electron chi connectivity index (χ2n) is 7.75. The van der Waals surface area contributed by atoms with Crippen molar-refractivity contribution in [1.29, 1.82) is 0 Å². The van der Waals surface area contributed by atoms with Gasteiger partial charge in [-0.1, -0.05) is 88.7 Å². The van der Waals surface area contributed by atoms with Crippen LogP contribution in [0.3, 0.4) is 0 Å². The van der Waals surface area contributed by atoms with Gasteiger partial charge in [-0.25, -0.2) is 4.79 Å². The van der Waals surface area contributed by atoms with Crippen LogP contribution in [0.15, 0.2) is 89.4 Å². The number of nitrogens with one attached hydrogen (secondary N) is 2. The van der Waals surface area contributed by atoms with Gasteiger partial charge in [0, 0.05) is 17.3 Å². The van der Waals surface area contributed by atoms with E-state index >= 15 is 0 Å². The van der Waals surface area contributed by atoms with Gasteiger partial charge >= 0.3 is 6.09 Å². The lowest BCUT2D eigenvalue weighted by atomic mass is 10.0. The van der Waals surface area contributed by atoms with Crippen LogP contribution in [0.2, 0.25) is 0 Å². The van der Waals surface area contributed by atoms with E-state index in [9.17, 15) is 14.4 Å². The lowest BCUT2D eigenvalue weighted by molar-refractivity contribution is -0.128. The monoisotopic (exact) mass is 523 g/mol. The van der Waals surface area contributed by atoms with E-state index in [0.29, 0.717) is 0 Å². The molecule has 0 spiro atoms. The van der Waals surface area contributed by atoms with Crippen molar-refractivity contribution in [2.24, 2.45) is 5.73 Å². The first kappa shape index (κ1) is 25.0. The summed E-state index contributed by atoms with van der Waals surface area (Å²) in [5.41, 5.74) is 8.05. The Morgan fingerprint density at radius 1 is 0.765 bits per heavy atom. The highest BCUT2D eigenvalue weighted by molar-refractivity contribution is 9.10. The van der Waals surface area contributed by atoms with Crippen molar-refractivity contribution in [2.75, 3.05) is 0 Å². The number of hydrogen-bond acceptors (Lipinski definition) is 4. The van der Waals surface area contributed by atoms with Crippen molar-refractivity contribution in [1.82, 2.24) is 10.6 Å². The zero-order valence-corrected chi connectivity index (χ0v) is 20.0. The Morgan fingerprint density at radius 2 is 1.35 bits per heavy atom. The molecule has 3 aromatic carbocycles. The van der Waals surface area contributed by atoms with E-state index in [-0.39, 0.29) is 19.4 Å². The van der Waals surface area contributed by atoms with Crippen molar-refractivity contribution >= 4 is 33.8 Å². The summed E-state index contributed by atoms with van der Waals surface area (Å²) in [4.78, 5) is 37.7. The van der Waals surface area contributed by atoms with E-state index in [2.05, 4.69) is 26.6 Å². The first-order chi connectivity index (χ1) is 16.4.